The molecule has 1 aliphatic rings. The molecule has 4 rings (SSSR count). The molecular formula is C21H14ClNO5. The molecule has 1 aromatic heterocycles. The number of aromatic nitrogens is 1. The van der Waals surface area contributed by atoms with Crippen molar-refractivity contribution in [3.63, 3.8) is 0 Å². The van der Waals surface area contributed by atoms with E-state index in [0.29, 0.717) is 22.6 Å². The van der Waals surface area contributed by atoms with Crippen molar-refractivity contribution in [2.24, 2.45) is 0 Å². The van der Waals surface area contributed by atoms with Crippen LogP contribution in [0.5, 0.6) is 0 Å². The van der Waals surface area contributed by atoms with Gasteiger partial charge in [0, 0.05) is 16.7 Å². The number of nitrogens with zero attached hydrogens (tertiary/aromatic N) is 1. The quantitative estimate of drug-likeness (QED) is 0.486. The molecule has 0 unspecified atom stereocenters. The Labute approximate surface area is 165 Å². The second-order valence-corrected chi connectivity index (χ2v) is 6.81. The maximum absolute atomic E-state index is 12.9. The number of hydrogen-bond donors (Lipinski definition) is 0. The van der Waals surface area contributed by atoms with Gasteiger partial charge in [0.15, 0.2) is 11.6 Å². The number of ether oxygens (including phenoxy) is 1. The van der Waals surface area contributed by atoms with Crippen LogP contribution in [0.15, 0.2) is 40.9 Å². The number of benzene rings is 2. The Morgan fingerprint density at radius 2 is 1.71 bits per heavy atom. The summed E-state index contributed by atoms with van der Waals surface area (Å²) in [4.78, 5) is 38.1. The number of esters is 1. The van der Waals surface area contributed by atoms with E-state index >= 15 is 0 Å². The Balaban J connectivity index is 1.68. The van der Waals surface area contributed by atoms with Crippen LogP contribution in [0.1, 0.15) is 59.2 Å². The number of carbonyl (C=O) groups is 3. The lowest BCUT2D eigenvalue weighted by Gasteiger charge is -2.19. The fourth-order valence-electron chi connectivity index (χ4n) is 3.23. The third-order valence-corrected chi connectivity index (χ3v) is 5.17. The molecule has 0 atom stereocenters. The minimum absolute atomic E-state index is 0.0210. The van der Waals surface area contributed by atoms with E-state index in [2.05, 4.69) is 5.16 Å². The molecule has 0 amide bonds. The molecule has 1 heterocycles. The van der Waals surface area contributed by atoms with E-state index < -0.39 is 11.8 Å². The van der Waals surface area contributed by atoms with Crippen molar-refractivity contribution in [1.29, 1.82) is 0 Å². The van der Waals surface area contributed by atoms with Crippen LogP contribution in [-0.2, 0) is 11.3 Å². The Morgan fingerprint density at radius 1 is 1.04 bits per heavy atom. The monoisotopic (exact) mass is 395 g/mol. The zero-order valence-electron chi connectivity index (χ0n) is 15.0. The zero-order chi connectivity index (χ0) is 20.0. The topological polar surface area (TPSA) is 86.5 Å². The normalized spacial score (nSPS) is 12.5. The van der Waals surface area contributed by atoms with Crippen LogP contribution < -0.4 is 0 Å². The van der Waals surface area contributed by atoms with E-state index in [1.165, 1.54) is 12.1 Å². The number of rotatable bonds is 3. The predicted molar refractivity (Wildman–Crippen MR) is 99.9 cm³/mol. The molecule has 2 aromatic carbocycles. The first kappa shape index (κ1) is 18.1. The first-order valence-corrected chi connectivity index (χ1v) is 8.87. The molecule has 6 nitrogen and oxygen atoms in total. The van der Waals surface area contributed by atoms with Crippen LogP contribution in [0.25, 0.3) is 0 Å². The average molecular weight is 396 g/mol. The highest BCUT2D eigenvalue weighted by Gasteiger charge is 2.33. The summed E-state index contributed by atoms with van der Waals surface area (Å²) in [6.07, 6.45) is 0. The summed E-state index contributed by atoms with van der Waals surface area (Å²) in [5.41, 5.74) is 2.11. The highest BCUT2D eigenvalue weighted by atomic mass is 35.5. The van der Waals surface area contributed by atoms with Crippen molar-refractivity contribution in [1.82, 2.24) is 5.16 Å². The van der Waals surface area contributed by atoms with E-state index in [9.17, 15) is 14.4 Å². The summed E-state index contributed by atoms with van der Waals surface area (Å²) in [5.74, 6) is -0.843. The molecular weight excluding hydrogens is 382 g/mol. The van der Waals surface area contributed by atoms with Crippen molar-refractivity contribution in [2.45, 2.75) is 20.5 Å². The van der Waals surface area contributed by atoms with E-state index in [0.717, 1.165) is 0 Å². The number of aryl methyl sites for hydroxylation is 2. The van der Waals surface area contributed by atoms with Crippen molar-refractivity contribution < 1.29 is 23.6 Å². The predicted octanol–water partition coefficient (Wildman–Crippen LogP) is 4.08. The molecule has 0 aliphatic heterocycles. The molecule has 140 valence electrons. The molecule has 0 saturated carbocycles. The highest BCUT2D eigenvalue weighted by molar-refractivity contribution is 6.41. The standard InChI is InChI=1S/C21H14ClNO5/c1-10-16(11(2)28-23-10)9-27-21(26)15-8-7-14-17(18(15)22)20(25)13-6-4-3-5-12(13)19(14)24/h3-8H,9H2,1-2H3. The van der Waals surface area contributed by atoms with E-state index in [1.807, 2.05) is 0 Å². The van der Waals surface area contributed by atoms with Crippen molar-refractivity contribution in [2.75, 3.05) is 0 Å². The number of fused-ring (bicyclic) bond motifs is 2. The van der Waals surface area contributed by atoms with Crippen molar-refractivity contribution >= 4 is 29.1 Å². The average Bonchev–Trinajstić information content (AvgIpc) is 3.01. The summed E-state index contributed by atoms with van der Waals surface area (Å²) in [6, 6.07) is 9.36. The second kappa shape index (κ2) is 6.73. The highest BCUT2D eigenvalue weighted by Crippen LogP contribution is 2.34. The Hall–Kier alpha value is -3.25. The molecule has 0 bridgehead atoms. The minimum atomic E-state index is -0.702. The van der Waals surface area contributed by atoms with Crippen LogP contribution >= 0.6 is 11.6 Å². The largest absolute Gasteiger partial charge is 0.457 e. The first-order chi connectivity index (χ1) is 13.4. The lowest BCUT2D eigenvalue weighted by molar-refractivity contribution is 0.0470. The van der Waals surface area contributed by atoms with Crippen molar-refractivity contribution in [3.05, 3.63) is 86.3 Å². The fraction of sp³-hybridized carbons (Fsp3) is 0.143. The Kier molecular flexibility index (Phi) is 4.35. The minimum Gasteiger partial charge on any atom is -0.457 e. The van der Waals surface area contributed by atoms with Crippen molar-refractivity contribution in [3.8, 4) is 0 Å². The lowest BCUT2D eigenvalue weighted by atomic mass is 9.83. The van der Waals surface area contributed by atoms with Gasteiger partial charge in [-0.1, -0.05) is 41.0 Å². The molecule has 0 spiro atoms. The summed E-state index contributed by atoms with van der Waals surface area (Å²) in [7, 11) is 0. The van der Waals surface area contributed by atoms with Gasteiger partial charge in [0.2, 0.25) is 0 Å². The molecule has 3 aromatic rings. The van der Waals surface area contributed by atoms with E-state index in [4.69, 9.17) is 20.9 Å². The van der Waals surface area contributed by atoms with Gasteiger partial charge < -0.3 is 9.26 Å². The smallest absolute Gasteiger partial charge is 0.340 e. The van der Waals surface area contributed by atoms with Gasteiger partial charge in [0.05, 0.1) is 27.4 Å². The summed E-state index contributed by atoms with van der Waals surface area (Å²) in [6.45, 7) is 3.42. The van der Waals surface area contributed by atoms with Gasteiger partial charge in [0.1, 0.15) is 12.4 Å². The van der Waals surface area contributed by atoms with Crippen LogP contribution in [0.2, 0.25) is 5.02 Å². The summed E-state index contributed by atoms with van der Waals surface area (Å²) >= 11 is 6.37. The molecule has 7 heteroatoms. The van der Waals surface area contributed by atoms with E-state index in [-0.39, 0.29) is 39.7 Å². The van der Waals surface area contributed by atoms with Gasteiger partial charge in [-0.15, -0.1) is 0 Å². The Morgan fingerprint density at radius 3 is 2.36 bits per heavy atom. The summed E-state index contributed by atoms with van der Waals surface area (Å²) in [5, 5.41) is 3.72. The molecule has 28 heavy (non-hydrogen) atoms. The van der Waals surface area contributed by atoms with Crippen LogP contribution in [0, 0.1) is 13.8 Å². The SMILES string of the molecule is Cc1noc(C)c1COC(=O)c1ccc2c(c1Cl)C(=O)c1ccccc1C2=O. The third-order valence-electron chi connectivity index (χ3n) is 4.78. The Bertz CT molecular complexity index is 1140. The van der Waals surface area contributed by atoms with Gasteiger partial charge in [-0.2, -0.15) is 0 Å². The van der Waals surface area contributed by atoms with Crippen LogP contribution in [0.4, 0.5) is 0 Å². The van der Waals surface area contributed by atoms with Gasteiger partial charge in [-0.25, -0.2) is 4.79 Å². The van der Waals surface area contributed by atoms with E-state index in [1.54, 1.807) is 38.1 Å². The van der Waals surface area contributed by atoms with Gasteiger partial charge >= 0.3 is 5.97 Å². The number of carbonyl (C=O) groups excluding carboxylic acids is 3. The number of hydrogen-bond acceptors (Lipinski definition) is 6. The molecule has 0 N–H and O–H groups in total. The fourth-order valence-corrected chi connectivity index (χ4v) is 3.55. The molecule has 0 saturated heterocycles. The second-order valence-electron chi connectivity index (χ2n) is 6.43. The number of halogens is 1. The lowest BCUT2D eigenvalue weighted by Crippen LogP contribution is -2.22. The molecule has 0 radical (unpaired) electrons. The first-order valence-electron chi connectivity index (χ1n) is 8.50. The molecule has 0 fully saturated rings. The van der Waals surface area contributed by atoms with Gasteiger partial charge in [0.25, 0.3) is 0 Å². The maximum atomic E-state index is 12.9. The molecule has 1 aliphatic carbocycles. The number of ketones is 2. The third kappa shape index (κ3) is 2.73. The maximum Gasteiger partial charge on any atom is 0.340 e. The summed E-state index contributed by atoms with van der Waals surface area (Å²) < 4.78 is 10.4. The van der Waals surface area contributed by atoms with Gasteiger partial charge in [-0.3, -0.25) is 9.59 Å². The van der Waals surface area contributed by atoms with Crippen LogP contribution in [0.3, 0.4) is 0 Å². The van der Waals surface area contributed by atoms with Crippen LogP contribution in [-0.4, -0.2) is 22.7 Å². The van der Waals surface area contributed by atoms with Gasteiger partial charge in [-0.05, 0) is 26.0 Å². The zero-order valence-corrected chi connectivity index (χ0v) is 15.8.